The van der Waals surface area contributed by atoms with E-state index in [1.165, 1.54) is 6.07 Å². The van der Waals surface area contributed by atoms with Crippen molar-refractivity contribution < 1.29 is 13.2 Å². The maximum atomic E-state index is 12.4. The Bertz CT molecular complexity index is 979. The zero-order valence-electron chi connectivity index (χ0n) is 13.9. The molecule has 2 aromatic carbocycles. The van der Waals surface area contributed by atoms with E-state index in [1.54, 1.807) is 30.3 Å². The molecule has 1 heterocycles. The van der Waals surface area contributed by atoms with Crippen LogP contribution in [-0.4, -0.2) is 26.9 Å². The van der Waals surface area contributed by atoms with Gasteiger partial charge in [0.25, 0.3) is 0 Å². The fourth-order valence-corrected chi connectivity index (χ4v) is 3.95. The molecule has 0 saturated heterocycles. The van der Waals surface area contributed by atoms with Gasteiger partial charge >= 0.3 is 0 Å². The van der Waals surface area contributed by atoms with Gasteiger partial charge in [0, 0.05) is 11.7 Å². The Labute approximate surface area is 161 Å². The highest BCUT2D eigenvalue weighted by molar-refractivity contribution is 7.89. The van der Waals surface area contributed by atoms with E-state index in [1.807, 2.05) is 11.8 Å². The molecule has 0 fully saturated rings. The van der Waals surface area contributed by atoms with Crippen molar-refractivity contribution in [3.8, 4) is 0 Å². The van der Waals surface area contributed by atoms with Crippen LogP contribution in [0.15, 0.2) is 41.3 Å². The zero-order valence-corrected chi connectivity index (χ0v) is 16.2. The van der Waals surface area contributed by atoms with E-state index in [-0.39, 0.29) is 28.4 Å². The SMILES string of the molecule is C[C@H]1Cc2cc(S(N)(=O)=O)ccc2N1CC(=O)Nc1cccc(Cl)c1Cl. The van der Waals surface area contributed by atoms with Crippen molar-refractivity contribution in [2.24, 2.45) is 5.14 Å². The predicted octanol–water partition coefficient (Wildman–Crippen LogP) is 3.03. The molecule has 6 nitrogen and oxygen atoms in total. The van der Waals surface area contributed by atoms with Gasteiger partial charge in [-0.3, -0.25) is 4.79 Å². The number of hydrogen-bond donors (Lipinski definition) is 2. The summed E-state index contributed by atoms with van der Waals surface area (Å²) in [6.45, 7) is 2.07. The molecular weight excluding hydrogens is 397 g/mol. The summed E-state index contributed by atoms with van der Waals surface area (Å²) in [5.74, 6) is -0.246. The standard InChI is InChI=1S/C17H17Cl2N3O3S/c1-10-7-11-8-12(26(20,24)25)5-6-15(11)22(10)9-16(23)21-14-4-2-3-13(18)17(14)19/h2-6,8,10H,7,9H2,1H3,(H,21,23)(H2,20,24,25)/t10-/m0/s1. The van der Waals surface area contributed by atoms with Crippen molar-refractivity contribution >= 4 is 50.5 Å². The quantitative estimate of drug-likeness (QED) is 0.805. The van der Waals surface area contributed by atoms with Gasteiger partial charge in [-0.05, 0) is 49.2 Å². The van der Waals surface area contributed by atoms with E-state index in [9.17, 15) is 13.2 Å². The molecule has 3 N–H and O–H groups in total. The number of anilines is 2. The second-order valence-corrected chi connectivity index (χ2v) is 8.51. The van der Waals surface area contributed by atoms with Crippen LogP contribution < -0.4 is 15.4 Å². The number of sulfonamides is 1. The second-order valence-electron chi connectivity index (χ2n) is 6.17. The van der Waals surface area contributed by atoms with Crippen molar-refractivity contribution in [1.82, 2.24) is 0 Å². The minimum absolute atomic E-state index is 0.0429. The summed E-state index contributed by atoms with van der Waals surface area (Å²) in [6.07, 6.45) is 0.629. The van der Waals surface area contributed by atoms with Crippen LogP contribution in [0.5, 0.6) is 0 Å². The molecule has 0 aliphatic carbocycles. The van der Waals surface area contributed by atoms with Crippen LogP contribution >= 0.6 is 23.2 Å². The number of fused-ring (bicyclic) bond motifs is 1. The molecule has 9 heteroatoms. The van der Waals surface area contributed by atoms with Gasteiger partial charge in [0.05, 0.1) is 27.2 Å². The van der Waals surface area contributed by atoms with E-state index < -0.39 is 10.0 Å². The average Bonchev–Trinajstić information content (AvgIpc) is 2.86. The number of hydrogen-bond acceptors (Lipinski definition) is 4. The van der Waals surface area contributed by atoms with Crippen LogP contribution in [0.25, 0.3) is 0 Å². The lowest BCUT2D eigenvalue weighted by Crippen LogP contribution is -2.37. The molecule has 3 rings (SSSR count). The monoisotopic (exact) mass is 413 g/mol. The molecule has 1 atom stereocenters. The third-order valence-corrected chi connectivity index (χ3v) is 6.01. The fourth-order valence-electron chi connectivity index (χ4n) is 3.03. The first-order valence-corrected chi connectivity index (χ1v) is 10.1. The number of nitrogens with zero attached hydrogens (tertiary/aromatic N) is 1. The summed E-state index contributed by atoms with van der Waals surface area (Å²) in [5.41, 5.74) is 2.11. The number of nitrogens with two attached hydrogens (primary N) is 1. The summed E-state index contributed by atoms with van der Waals surface area (Å²) in [5, 5.41) is 8.58. The number of benzene rings is 2. The molecule has 1 aliphatic rings. The van der Waals surface area contributed by atoms with Crippen LogP contribution in [0.2, 0.25) is 10.0 Å². The molecule has 0 spiro atoms. The Balaban J connectivity index is 1.79. The van der Waals surface area contributed by atoms with Crippen LogP contribution in [0, 0.1) is 0 Å². The molecule has 1 aliphatic heterocycles. The Morgan fingerprint density at radius 1 is 1.31 bits per heavy atom. The van der Waals surface area contributed by atoms with Gasteiger partial charge in [0.15, 0.2) is 0 Å². The molecule has 26 heavy (non-hydrogen) atoms. The van der Waals surface area contributed by atoms with Crippen molar-refractivity contribution in [2.75, 3.05) is 16.8 Å². The summed E-state index contributed by atoms with van der Waals surface area (Å²) in [7, 11) is -3.76. The Kier molecular flexibility index (Phi) is 5.16. The molecule has 0 bridgehead atoms. The Morgan fingerprint density at radius 2 is 2.04 bits per heavy atom. The van der Waals surface area contributed by atoms with E-state index in [0.29, 0.717) is 17.1 Å². The van der Waals surface area contributed by atoms with E-state index in [2.05, 4.69) is 5.32 Å². The molecule has 138 valence electrons. The van der Waals surface area contributed by atoms with E-state index in [0.717, 1.165) is 11.3 Å². The lowest BCUT2D eigenvalue weighted by molar-refractivity contribution is -0.115. The van der Waals surface area contributed by atoms with E-state index >= 15 is 0 Å². The average molecular weight is 414 g/mol. The van der Waals surface area contributed by atoms with Crippen molar-refractivity contribution in [3.63, 3.8) is 0 Å². The molecule has 0 unspecified atom stereocenters. The molecule has 1 amide bonds. The summed E-state index contributed by atoms with van der Waals surface area (Å²) in [4.78, 5) is 14.4. The highest BCUT2D eigenvalue weighted by Gasteiger charge is 2.28. The van der Waals surface area contributed by atoms with Gasteiger partial charge in [-0.15, -0.1) is 0 Å². The molecule has 2 aromatic rings. The van der Waals surface area contributed by atoms with Gasteiger partial charge in [-0.25, -0.2) is 13.6 Å². The maximum Gasteiger partial charge on any atom is 0.243 e. The normalized spacial score (nSPS) is 16.5. The largest absolute Gasteiger partial charge is 0.359 e. The summed E-state index contributed by atoms with van der Waals surface area (Å²) in [6, 6.07) is 9.75. The summed E-state index contributed by atoms with van der Waals surface area (Å²) >= 11 is 12.1. The second kappa shape index (κ2) is 7.08. The minimum Gasteiger partial charge on any atom is -0.359 e. The topological polar surface area (TPSA) is 92.5 Å². The first-order valence-electron chi connectivity index (χ1n) is 7.83. The minimum atomic E-state index is -3.76. The van der Waals surface area contributed by atoms with Gasteiger partial charge in [0.1, 0.15) is 0 Å². The first-order chi connectivity index (χ1) is 12.2. The van der Waals surface area contributed by atoms with Gasteiger partial charge in [-0.2, -0.15) is 0 Å². The highest BCUT2D eigenvalue weighted by Crippen LogP contribution is 2.34. The van der Waals surface area contributed by atoms with Crippen molar-refractivity contribution in [1.29, 1.82) is 0 Å². The van der Waals surface area contributed by atoms with Gasteiger partial charge in [-0.1, -0.05) is 29.3 Å². The molecule has 0 aromatic heterocycles. The van der Waals surface area contributed by atoms with Gasteiger partial charge < -0.3 is 10.2 Å². The molecule has 0 saturated carbocycles. The highest BCUT2D eigenvalue weighted by atomic mass is 35.5. The van der Waals surface area contributed by atoms with Crippen LogP contribution in [0.4, 0.5) is 11.4 Å². The zero-order chi connectivity index (χ0) is 19.1. The Hall–Kier alpha value is -1.80. The smallest absolute Gasteiger partial charge is 0.243 e. The number of amides is 1. The number of carbonyl (C=O) groups excluding carboxylic acids is 1. The number of halogens is 2. The predicted molar refractivity (Wildman–Crippen MR) is 103 cm³/mol. The van der Waals surface area contributed by atoms with Crippen LogP contribution in [-0.2, 0) is 21.2 Å². The van der Waals surface area contributed by atoms with Crippen molar-refractivity contribution in [3.05, 3.63) is 52.0 Å². The fraction of sp³-hybridized carbons (Fsp3) is 0.235. The number of rotatable bonds is 4. The summed E-state index contributed by atoms with van der Waals surface area (Å²) < 4.78 is 23.0. The number of nitrogens with one attached hydrogen (secondary N) is 1. The Morgan fingerprint density at radius 3 is 2.73 bits per heavy atom. The maximum absolute atomic E-state index is 12.4. The lowest BCUT2D eigenvalue weighted by atomic mass is 10.1. The third kappa shape index (κ3) is 3.81. The van der Waals surface area contributed by atoms with E-state index in [4.69, 9.17) is 28.3 Å². The van der Waals surface area contributed by atoms with Crippen LogP contribution in [0.1, 0.15) is 12.5 Å². The van der Waals surface area contributed by atoms with Gasteiger partial charge in [0.2, 0.25) is 15.9 Å². The van der Waals surface area contributed by atoms with Crippen molar-refractivity contribution in [2.45, 2.75) is 24.3 Å². The number of carbonyl (C=O) groups is 1. The molecule has 0 radical (unpaired) electrons. The third-order valence-electron chi connectivity index (χ3n) is 4.28. The van der Waals surface area contributed by atoms with Crippen LogP contribution in [0.3, 0.4) is 0 Å². The first kappa shape index (κ1) is 19.0. The lowest BCUT2D eigenvalue weighted by Gasteiger charge is -2.24. The number of primary sulfonamides is 1. The molecular formula is C17H17Cl2N3O3S.